The van der Waals surface area contributed by atoms with Crippen molar-refractivity contribution in [2.75, 3.05) is 0 Å². The van der Waals surface area contributed by atoms with E-state index in [0.717, 1.165) is 18.4 Å². The molecule has 1 aromatic rings. The number of allylic oxidation sites excluding steroid dienone is 3. The molecule has 0 aromatic heterocycles. The summed E-state index contributed by atoms with van der Waals surface area (Å²) < 4.78 is 12.5. The lowest BCUT2D eigenvalue weighted by atomic mass is 9.96. The van der Waals surface area contributed by atoms with Crippen molar-refractivity contribution in [2.45, 2.75) is 43.6 Å². The summed E-state index contributed by atoms with van der Waals surface area (Å²) in [6.07, 6.45) is 8.88. The van der Waals surface area contributed by atoms with Crippen molar-refractivity contribution in [3.63, 3.8) is 0 Å². The first-order chi connectivity index (χ1) is 9.50. The number of hydrogen-bond donors (Lipinski definition) is 0. The van der Waals surface area contributed by atoms with Gasteiger partial charge in [0.05, 0.1) is 15.1 Å². The average Bonchev–Trinajstić information content (AvgIpc) is 2.48. The Bertz CT molecular complexity index is 529. The van der Waals surface area contributed by atoms with Gasteiger partial charge in [-0.2, -0.15) is 0 Å². The number of hydrogen-bond acceptors (Lipinski definition) is 2. The van der Waals surface area contributed by atoms with E-state index < -0.39 is 9.83 Å². The molecule has 0 fully saturated rings. The molecule has 108 valence electrons. The van der Waals surface area contributed by atoms with Crippen LogP contribution in [0.4, 0.5) is 0 Å². The van der Waals surface area contributed by atoms with Gasteiger partial charge in [0.25, 0.3) is 0 Å². The summed E-state index contributed by atoms with van der Waals surface area (Å²) >= 11 is 0. The summed E-state index contributed by atoms with van der Waals surface area (Å²) in [6.45, 7) is 6.36. The highest BCUT2D eigenvalue weighted by Gasteiger charge is 2.28. The van der Waals surface area contributed by atoms with E-state index in [0.29, 0.717) is 0 Å². The Labute approximate surface area is 128 Å². The zero-order valence-electron chi connectivity index (χ0n) is 12.3. The molecule has 1 nitrogen and oxygen atoms in total. The van der Waals surface area contributed by atoms with Crippen molar-refractivity contribution in [3.05, 3.63) is 59.7 Å². The lowest BCUT2D eigenvalue weighted by Gasteiger charge is -2.27. The largest absolute Gasteiger partial charge is 0.247 e. The lowest BCUT2D eigenvalue weighted by molar-refractivity contribution is 0.684. The topological polar surface area (TPSA) is 17.1 Å². The van der Waals surface area contributed by atoms with Crippen LogP contribution < -0.4 is 0 Å². The standard InChI is InChI=1S/C17H22OS2/c1-14(15-10-6-4-7-11-15)20(18)19-17(2,3)16-12-8-5-9-13-16/h4,6-8,10-14H,5,9H2,1-3H3/t14?,20-/m1/s1. The minimum absolute atomic E-state index is 0.0497. The zero-order valence-corrected chi connectivity index (χ0v) is 14.0. The molecule has 0 saturated heterocycles. The van der Waals surface area contributed by atoms with Crippen molar-refractivity contribution in [3.8, 4) is 0 Å². The van der Waals surface area contributed by atoms with Crippen molar-refractivity contribution in [2.24, 2.45) is 0 Å². The van der Waals surface area contributed by atoms with Crippen LogP contribution in [0, 0.1) is 0 Å². The van der Waals surface area contributed by atoms with E-state index >= 15 is 0 Å². The van der Waals surface area contributed by atoms with Gasteiger partial charge in [-0.15, -0.1) is 0 Å². The molecule has 0 amide bonds. The van der Waals surface area contributed by atoms with E-state index in [1.807, 2.05) is 25.1 Å². The molecule has 0 heterocycles. The van der Waals surface area contributed by atoms with Crippen LogP contribution in [0.3, 0.4) is 0 Å². The van der Waals surface area contributed by atoms with Gasteiger partial charge in [-0.25, -0.2) is 4.21 Å². The molecule has 20 heavy (non-hydrogen) atoms. The van der Waals surface area contributed by atoms with Crippen LogP contribution in [0.2, 0.25) is 0 Å². The van der Waals surface area contributed by atoms with Crippen molar-refractivity contribution < 1.29 is 4.21 Å². The summed E-state index contributed by atoms with van der Waals surface area (Å²) in [4.78, 5) is 0. The van der Waals surface area contributed by atoms with Crippen LogP contribution in [0.1, 0.15) is 44.4 Å². The summed E-state index contributed by atoms with van der Waals surface area (Å²) in [7, 11) is 0.619. The summed E-state index contributed by atoms with van der Waals surface area (Å²) in [5.41, 5.74) is 2.43. The molecule has 1 aromatic carbocycles. The molecule has 0 N–H and O–H groups in total. The second-order valence-electron chi connectivity index (χ2n) is 5.55. The molecule has 1 aliphatic carbocycles. The average molecular weight is 306 g/mol. The van der Waals surface area contributed by atoms with Gasteiger partial charge < -0.3 is 0 Å². The zero-order chi connectivity index (χ0) is 14.6. The summed E-state index contributed by atoms with van der Waals surface area (Å²) in [6, 6.07) is 10.1. The monoisotopic (exact) mass is 306 g/mol. The van der Waals surface area contributed by atoms with Gasteiger partial charge in [-0.3, -0.25) is 0 Å². The molecule has 0 aliphatic heterocycles. The third-order valence-corrected chi connectivity index (χ3v) is 7.81. The fourth-order valence-electron chi connectivity index (χ4n) is 2.22. The predicted molar refractivity (Wildman–Crippen MR) is 91.1 cm³/mol. The fourth-order valence-corrected chi connectivity index (χ4v) is 5.69. The van der Waals surface area contributed by atoms with E-state index in [4.69, 9.17) is 0 Å². The SMILES string of the molecule is CC(c1ccccc1)[S@](=O)SC(C)(C)C1=CCCC=C1. The highest BCUT2D eigenvalue weighted by atomic mass is 33.1. The predicted octanol–water partition coefficient (Wildman–Crippen LogP) is 5.20. The second-order valence-corrected chi connectivity index (χ2v) is 9.45. The van der Waals surface area contributed by atoms with Gasteiger partial charge in [-0.05, 0) is 55.5 Å². The molecule has 3 heteroatoms. The van der Waals surface area contributed by atoms with Gasteiger partial charge >= 0.3 is 0 Å². The van der Waals surface area contributed by atoms with Crippen LogP contribution in [-0.2, 0) is 9.83 Å². The van der Waals surface area contributed by atoms with E-state index in [1.54, 1.807) is 10.8 Å². The molecule has 0 bridgehead atoms. The van der Waals surface area contributed by atoms with Crippen molar-refractivity contribution in [1.29, 1.82) is 0 Å². The molecular weight excluding hydrogens is 284 g/mol. The summed E-state index contributed by atoms with van der Waals surface area (Å²) in [5, 5.41) is 0.0497. The first-order valence-corrected chi connectivity index (χ1v) is 9.57. The van der Waals surface area contributed by atoms with E-state index in [1.165, 1.54) is 5.57 Å². The highest BCUT2D eigenvalue weighted by molar-refractivity contribution is 8.69. The smallest absolute Gasteiger partial charge is 0.0885 e. The molecule has 1 aliphatic rings. The van der Waals surface area contributed by atoms with Crippen LogP contribution in [0.5, 0.6) is 0 Å². The minimum Gasteiger partial charge on any atom is -0.247 e. The van der Waals surface area contributed by atoms with Crippen LogP contribution in [0.15, 0.2) is 54.1 Å². The van der Waals surface area contributed by atoms with Crippen LogP contribution >= 0.6 is 10.8 Å². The van der Waals surface area contributed by atoms with Crippen molar-refractivity contribution in [1.82, 2.24) is 0 Å². The quantitative estimate of drug-likeness (QED) is 0.696. The summed E-state index contributed by atoms with van der Waals surface area (Å²) in [5.74, 6) is 0. The minimum atomic E-state index is -0.945. The van der Waals surface area contributed by atoms with Gasteiger partial charge in [0.15, 0.2) is 0 Å². The molecule has 1 unspecified atom stereocenters. The van der Waals surface area contributed by atoms with E-state index in [9.17, 15) is 4.21 Å². The van der Waals surface area contributed by atoms with Gasteiger partial charge in [0.2, 0.25) is 0 Å². The fraction of sp³-hybridized carbons (Fsp3) is 0.412. The Morgan fingerprint density at radius 1 is 1.20 bits per heavy atom. The Morgan fingerprint density at radius 3 is 2.50 bits per heavy atom. The Kier molecular flexibility index (Phi) is 5.28. The Morgan fingerprint density at radius 2 is 1.90 bits per heavy atom. The maximum atomic E-state index is 12.6. The van der Waals surface area contributed by atoms with E-state index in [2.05, 4.69) is 44.2 Å². The Balaban J connectivity index is 2.07. The van der Waals surface area contributed by atoms with Crippen molar-refractivity contribution >= 4 is 20.6 Å². The lowest BCUT2D eigenvalue weighted by Crippen LogP contribution is -2.20. The first kappa shape index (κ1) is 15.6. The molecule has 0 spiro atoms. The Hall–Kier alpha value is -0.800. The van der Waals surface area contributed by atoms with Gasteiger partial charge in [0, 0.05) is 4.75 Å². The van der Waals surface area contributed by atoms with Gasteiger partial charge in [-0.1, -0.05) is 48.6 Å². The van der Waals surface area contributed by atoms with Gasteiger partial charge in [0.1, 0.15) is 0 Å². The third kappa shape index (κ3) is 3.86. The third-order valence-electron chi connectivity index (χ3n) is 3.54. The second kappa shape index (κ2) is 6.77. The maximum Gasteiger partial charge on any atom is 0.0885 e. The molecule has 2 rings (SSSR count). The van der Waals surface area contributed by atoms with Crippen LogP contribution in [0.25, 0.3) is 0 Å². The molecule has 0 saturated carbocycles. The number of rotatable bonds is 5. The first-order valence-electron chi connectivity index (χ1n) is 7.03. The number of benzene rings is 1. The maximum absolute atomic E-state index is 12.6. The normalized spacial score (nSPS) is 18.4. The molecular formula is C17H22OS2. The molecule has 2 atom stereocenters. The van der Waals surface area contributed by atoms with Crippen LogP contribution in [-0.4, -0.2) is 8.96 Å². The van der Waals surface area contributed by atoms with E-state index in [-0.39, 0.29) is 10.00 Å². The molecule has 0 radical (unpaired) electrons. The highest BCUT2D eigenvalue weighted by Crippen LogP contribution is 2.41.